The van der Waals surface area contributed by atoms with Crippen molar-refractivity contribution in [3.63, 3.8) is 0 Å². The van der Waals surface area contributed by atoms with Crippen molar-refractivity contribution in [3.8, 4) is 5.75 Å². The van der Waals surface area contributed by atoms with Crippen LogP contribution in [-0.4, -0.2) is 23.0 Å². The van der Waals surface area contributed by atoms with Gasteiger partial charge in [-0.3, -0.25) is 0 Å². The number of carboxylic acid groups (broad SMARTS) is 1. The van der Waals surface area contributed by atoms with Gasteiger partial charge in [-0.15, -0.1) is 0 Å². The van der Waals surface area contributed by atoms with Crippen LogP contribution in [-0.2, 0) is 12.8 Å². The van der Waals surface area contributed by atoms with Crippen LogP contribution in [0.1, 0.15) is 44.7 Å². The number of guanidine groups is 1. The molecule has 1 heterocycles. The summed E-state index contributed by atoms with van der Waals surface area (Å²) in [7, 11) is 0. The van der Waals surface area contributed by atoms with Gasteiger partial charge in [0.05, 0.1) is 16.8 Å². The van der Waals surface area contributed by atoms with Crippen molar-refractivity contribution in [1.82, 2.24) is 0 Å². The van der Waals surface area contributed by atoms with E-state index in [9.17, 15) is 14.7 Å². The van der Waals surface area contributed by atoms with Gasteiger partial charge in [0.2, 0.25) is 0 Å². The Hall–Kier alpha value is -3.35. The second kappa shape index (κ2) is 7.26. The Labute approximate surface area is 150 Å². The van der Waals surface area contributed by atoms with Gasteiger partial charge >= 0.3 is 11.9 Å². The molecule has 3 rings (SSSR count). The van der Waals surface area contributed by atoms with Gasteiger partial charge in [-0.1, -0.05) is 6.07 Å². The summed E-state index contributed by atoms with van der Waals surface area (Å²) in [6, 6.07) is 9.75. The first kappa shape index (κ1) is 17.5. The highest BCUT2D eigenvalue weighted by Gasteiger charge is 2.21. The summed E-state index contributed by atoms with van der Waals surface area (Å²) in [6.07, 6.45) is 2.72. The van der Waals surface area contributed by atoms with E-state index in [0.717, 1.165) is 18.4 Å². The summed E-state index contributed by atoms with van der Waals surface area (Å²) < 4.78 is 5.52. The number of carboxylic acids is 1. The van der Waals surface area contributed by atoms with E-state index >= 15 is 0 Å². The number of benzene rings is 2. The Balaban J connectivity index is 2.02. The van der Waals surface area contributed by atoms with Gasteiger partial charge in [0.1, 0.15) is 5.75 Å². The third kappa shape index (κ3) is 3.66. The van der Waals surface area contributed by atoms with Crippen molar-refractivity contribution >= 4 is 23.6 Å². The van der Waals surface area contributed by atoms with Gasteiger partial charge in [-0.05, 0) is 61.6 Å². The number of aromatic carboxylic acids is 1. The van der Waals surface area contributed by atoms with E-state index in [1.807, 2.05) is 0 Å². The molecular formula is C19H19N3O4. The maximum absolute atomic E-state index is 12.6. The smallest absolute Gasteiger partial charge is 0.343 e. The lowest BCUT2D eigenvalue weighted by Crippen LogP contribution is -2.22. The zero-order chi connectivity index (χ0) is 18.7. The minimum Gasteiger partial charge on any atom is -0.478 e. The second-order valence-electron chi connectivity index (χ2n) is 6.06. The van der Waals surface area contributed by atoms with Crippen LogP contribution < -0.4 is 16.2 Å². The molecule has 2 aromatic carbocycles. The summed E-state index contributed by atoms with van der Waals surface area (Å²) in [6.45, 7) is 0. The van der Waals surface area contributed by atoms with Gasteiger partial charge in [-0.2, -0.15) is 0 Å². The van der Waals surface area contributed by atoms with Crippen LogP contribution >= 0.6 is 0 Å². The summed E-state index contributed by atoms with van der Waals surface area (Å²) in [5.41, 5.74) is 13.3. The molecule has 0 fully saturated rings. The number of hydrogen-bond donors (Lipinski definition) is 3. The summed E-state index contributed by atoms with van der Waals surface area (Å²) in [5.74, 6) is -1.32. The lowest BCUT2D eigenvalue weighted by atomic mass is 9.96. The first-order chi connectivity index (χ1) is 12.5. The summed E-state index contributed by atoms with van der Waals surface area (Å²) in [4.78, 5) is 28.1. The number of nitrogens with zero attached hydrogens (tertiary/aromatic N) is 1. The maximum atomic E-state index is 12.6. The fourth-order valence-corrected chi connectivity index (χ4v) is 3.10. The Morgan fingerprint density at radius 2 is 1.88 bits per heavy atom. The first-order valence-corrected chi connectivity index (χ1v) is 8.25. The van der Waals surface area contributed by atoms with Crippen molar-refractivity contribution in [2.24, 2.45) is 16.5 Å². The molecule has 1 aliphatic rings. The molecule has 7 heteroatoms. The van der Waals surface area contributed by atoms with E-state index in [0.29, 0.717) is 29.7 Å². The second-order valence-corrected chi connectivity index (χ2v) is 6.06. The van der Waals surface area contributed by atoms with Crippen LogP contribution in [0.3, 0.4) is 0 Å². The normalized spacial score (nSPS) is 13.8. The van der Waals surface area contributed by atoms with Gasteiger partial charge in [-0.25, -0.2) is 14.6 Å². The third-order valence-electron chi connectivity index (χ3n) is 4.26. The number of rotatable bonds is 2. The van der Waals surface area contributed by atoms with Gasteiger partial charge in [0, 0.05) is 5.56 Å². The van der Waals surface area contributed by atoms with Crippen molar-refractivity contribution < 1.29 is 19.4 Å². The van der Waals surface area contributed by atoms with E-state index in [2.05, 4.69) is 4.99 Å². The zero-order valence-electron chi connectivity index (χ0n) is 14.1. The molecule has 134 valence electrons. The predicted octanol–water partition coefficient (Wildman–Crippen LogP) is 2.39. The van der Waals surface area contributed by atoms with E-state index in [-0.39, 0.29) is 17.3 Å². The van der Waals surface area contributed by atoms with Gasteiger partial charge < -0.3 is 21.3 Å². The van der Waals surface area contributed by atoms with E-state index < -0.39 is 11.9 Å². The number of hydrogen-bond acceptors (Lipinski definition) is 4. The molecule has 0 radical (unpaired) electrons. The molecule has 26 heavy (non-hydrogen) atoms. The van der Waals surface area contributed by atoms with Crippen LogP contribution in [0, 0.1) is 0 Å². The van der Waals surface area contributed by atoms with Gasteiger partial charge in [0.25, 0.3) is 0 Å². The lowest BCUT2D eigenvalue weighted by Gasteiger charge is -2.17. The van der Waals surface area contributed by atoms with Crippen molar-refractivity contribution in [3.05, 3.63) is 58.7 Å². The Morgan fingerprint density at radius 3 is 2.62 bits per heavy atom. The molecule has 0 atom stereocenters. The Morgan fingerprint density at radius 1 is 1.12 bits per heavy atom. The molecule has 0 bridgehead atoms. The maximum Gasteiger partial charge on any atom is 0.343 e. The molecule has 0 spiro atoms. The minimum atomic E-state index is -1.03. The quantitative estimate of drug-likeness (QED) is 0.329. The average molecular weight is 353 g/mol. The molecule has 0 aromatic heterocycles. The molecule has 7 nitrogen and oxygen atoms in total. The SMILES string of the molecule is NC(N)=Nc1ccc2c(c1)CCCCc1c(cccc1C(=O)O)OC2=O. The molecule has 0 saturated carbocycles. The highest BCUT2D eigenvalue weighted by Crippen LogP contribution is 2.29. The van der Waals surface area contributed by atoms with E-state index in [1.54, 1.807) is 30.3 Å². The molecular weight excluding hydrogens is 334 g/mol. The number of carbonyl (C=O) groups is 2. The standard InChI is InChI=1S/C19H19N3O4/c20-19(21)22-12-8-9-13-11(10-12)4-1-2-5-14-15(17(23)24)6-3-7-16(14)26-18(13)25/h3,6-10H,1-2,4-5H2,(H,23,24)(H4,20,21,22). The minimum absolute atomic E-state index is 0.0532. The molecule has 5 N–H and O–H groups in total. The lowest BCUT2D eigenvalue weighted by molar-refractivity contribution is 0.0684. The Bertz CT molecular complexity index is 902. The number of aryl methyl sites for hydroxylation is 1. The molecule has 1 aliphatic heterocycles. The fraction of sp³-hybridized carbons (Fsp3) is 0.211. The van der Waals surface area contributed by atoms with Crippen LogP contribution in [0.4, 0.5) is 5.69 Å². The number of carbonyl (C=O) groups excluding carboxylic acids is 1. The van der Waals surface area contributed by atoms with Crippen molar-refractivity contribution in [2.75, 3.05) is 0 Å². The van der Waals surface area contributed by atoms with Crippen LogP contribution in [0.2, 0.25) is 0 Å². The summed E-state index contributed by atoms with van der Waals surface area (Å²) >= 11 is 0. The topological polar surface area (TPSA) is 128 Å². The van der Waals surface area contributed by atoms with E-state index in [4.69, 9.17) is 16.2 Å². The van der Waals surface area contributed by atoms with Crippen LogP contribution in [0.15, 0.2) is 41.4 Å². The van der Waals surface area contributed by atoms with E-state index in [1.165, 1.54) is 6.07 Å². The number of ether oxygens (including phenoxy) is 1. The molecule has 0 saturated heterocycles. The third-order valence-corrected chi connectivity index (χ3v) is 4.26. The number of nitrogens with two attached hydrogens (primary N) is 2. The molecule has 0 amide bonds. The Kier molecular flexibility index (Phi) is 4.88. The fourth-order valence-electron chi connectivity index (χ4n) is 3.10. The first-order valence-electron chi connectivity index (χ1n) is 8.25. The average Bonchev–Trinajstić information content (AvgIpc) is 2.58. The van der Waals surface area contributed by atoms with Crippen LogP contribution in [0.25, 0.3) is 0 Å². The predicted molar refractivity (Wildman–Crippen MR) is 96.9 cm³/mol. The monoisotopic (exact) mass is 353 g/mol. The van der Waals surface area contributed by atoms with Crippen LogP contribution in [0.5, 0.6) is 5.75 Å². The van der Waals surface area contributed by atoms with Crippen molar-refractivity contribution in [1.29, 1.82) is 0 Å². The molecule has 0 aliphatic carbocycles. The number of fused-ring (bicyclic) bond motifs is 2. The molecule has 0 unspecified atom stereocenters. The highest BCUT2D eigenvalue weighted by molar-refractivity contribution is 5.95. The number of esters is 1. The molecule has 2 aromatic rings. The zero-order valence-corrected chi connectivity index (χ0v) is 14.1. The van der Waals surface area contributed by atoms with Crippen molar-refractivity contribution in [2.45, 2.75) is 25.7 Å². The summed E-state index contributed by atoms with van der Waals surface area (Å²) in [5, 5.41) is 9.38. The number of aliphatic imine (C=N–C) groups is 1. The highest BCUT2D eigenvalue weighted by atomic mass is 16.5. The van der Waals surface area contributed by atoms with Gasteiger partial charge in [0.15, 0.2) is 5.96 Å². The largest absolute Gasteiger partial charge is 0.478 e.